The molecule has 0 N–H and O–H groups in total. The van der Waals surface area contributed by atoms with Crippen molar-refractivity contribution < 1.29 is 18.9 Å². The Morgan fingerprint density at radius 1 is 1.00 bits per heavy atom. The molecule has 0 amide bonds. The molecule has 0 atom stereocenters. The summed E-state index contributed by atoms with van der Waals surface area (Å²) in [5.41, 5.74) is 1.38. The number of unbranched alkanes of at least 4 members (excludes halogenated alkanes) is 1. The first-order valence-electron chi connectivity index (χ1n) is 6.44. The molecule has 2 aromatic carbocycles. The van der Waals surface area contributed by atoms with E-state index in [1.807, 2.05) is 11.3 Å². The van der Waals surface area contributed by atoms with Gasteiger partial charge in [-0.1, -0.05) is 49.7 Å². The van der Waals surface area contributed by atoms with Gasteiger partial charge in [0.05, 0.1) is 0 Å². The largest absolute Gasteiger partial charge is 1.00 e. The monoisotopic (exact) mass is 262 g/mol. The van der Waals surface area contributed by atoms with E-state index in [2.05, 4.69) is 63.2 Å². The Morgan fingerprint density at radius 3 is 2.32 bits per heavy atom. The van der Waals surface area contributed by atoms with Crippen LogP contribution in [0.15, 0.2) is 42.5 Å². The van der Waals surface area contributed by atoms with Crippen molar-refractivity contribution in [3.8, 4) is 0 Å². The van der Waals surface area contributed by atoms with Crippen LogP contribution in [0, 0.1) is 13.8 Å². The minimum Gasteiger partial charge on any atom is -0.343 e. The van der Waals surface area contributed by atoms with E-state index < -0.39 is 0 Å². The molecule has 0 fully saturated rings. The van der Waals surface area contributed by atoms with Crippen molar-refractivity contribution in [2.45, 2.75) is 26.7 Å². The molecule has 0 radical (unpaired) electrons. The van der Waals surface area contributed by atoms with Crippen LogP contribution in [0.1, 0.15) is 25.3 Å². The van der Waals surface area contributed by atoms with Gasteiger partial charge in [0, 0.05) is 20.2 Å². The molecule has 0 nitrogen and oxygen atoms in total. The normalized spacial score (nSPS) is 9.84. The Labute approximate surface area is 132 Å². The van der Waals surface area contributed by atoms with E-state index in [9.17, 15) is 0 Å². The molecule has 1 aromatic heterocycles. The average molecular weight is 262 g/mol. The number of hydrogen-bond donors (Lipinski definition) is 0. The third-order valence-corrected chi connectivity index (χ3v) is 4.28. The molecule has 0 bridgehead atoms. The summed E-state index contributed by atoms with van der Waals surface area (Å²) in [6, 6.07) is 15.1. The SMILES string of the molecule is Cc1cccc2c1sc1ccccc12.[CH2-]CCC.[Li+]. The van der Waals surface area contributed by atoms with Gasteiger partial charge in [-0.05, 0) is 18.6 Å². The molecule has 19 heavy (non-hydrogen) atoms. The summed E-state index contributed by atoms with van der Waals surface area (Å²) in [7, 11) is 0. The first-order valence-corrected chi connectivity index (χ1v) is 7.25. The summed E-state index contributed by atoms with van der Waals surface area (Å²) in [4.78, 5) is 0. The molecule has 0 aliphatic heterocycles. The van der Waals surface area contributed by atoms with Gasteiger partial charge >= 0.3 is 18.9 Å². The second-order valence-electron chi connectivity index (χ2n) is 4.40. The number of hydrogen-bond acceptors (Lipinski definition) is 1. The summed E-state index contributed by atoms with van der Waals surface area (Å²) in [5, 5.41) is 2.78. The van der Waals surface area contributed by atoms with Crippen LogP contribution < -0.4 is 18.9 Å². The molecule has 2 heteroatoms. The van der Waals surface area contributed by atoms with Crippen molar-refractivity contribution in [1.29, 1.82) is 0 Å². The zero-order valence-electron chi connectivity index (χ0n) is 12.1. The predicted molar refractivity (Wildman–Crippen MR) is 84.3 cm³/mol. The van der Waals surface area contributed by atoms with Crippen LogP contribution in [0.2, 0.25) is 0 Å². The second-order valence-corrected chi connectivity index (χ2v) is 5.46. The molecule has 3 rings (SSSR count). The fourth-order valence-electron chi connectivity index (χ4n) is 1.89. The van der Waals surface area contributed by atoms with Crippen LogP contribution in [-0.4, -0.2) is 0 Å². The van der Waals surface area contributed by atoms with Gasteiger partial charge in [-0.3, -0.25) is 0 Å². The third-order valence-electron chi connectivity index (χ3n) is 2.95. The Morgan fingerprint density at radius 2 is 1.63 bits per heavy atom. The van der Waals surface area contributed by atoms with E-state index in [4.69, 9.17) is 0 Å². The number of thiophene rings is 1. The quantitative estimate of drug-likeness (QED) is 0.467. The first kappa shape index (κ1) is 16.3. The zero-order chi connectivity index (χ0) is 13.0. The van der Waals surface area contributed by atoms with Gasteiger partial charge in [0.15, 0.2) is 0 Å². The smallest absolute Gasteiger partial charge is 0.343 e. The molecule has 0 aliphatic carbocycles. The van der Waals surface area contributed by atoms with Crippen LogP contribution in [0.3, 0.4) is 0 Å². The predicted octanol–water partition coefficient (Wildman–Crippen LogP) is 2.99. The molecular weight excluding hydrogens is 243 g/mol. The number of aryl methyl sites for hydroxylation is 1. The van der Waals surface area contributed by atoms with Crippen molar-refractivity contribution in [2.24, 2.45) is 0 Å². The summed E-state index contributed by atoms with van der Waals surface area (Å²) in [5.74, 6) is 0. The fraction of sp³-hybridized carbons (Fsp3) is 0.235. The van der Waals surface area contributed by atoms with Crippen molar-refractivity contribution in [2.75, 3.05) is 0 Å². The topological polar surface area (TPSA) is 0 Å². The van der Waals surface area contributed by atoms with Gasteiger partial charge in [-0.2, -0.15) is 6.42 Å². The molecule has 0 saturated heterocycles. The van der Waals surface area contributed by atoms with Gasteiger partial charge in [-0.25, -0.2) is 0 Å². The molecule has 0 saturated carbocycles. The summed E-state index contributed by atoms with van der Waals surface area (Å²) in [6.07, 6.45) is 2.28. The Hall–Kier alpha value is -0.743. The van der Waals surface area contributed by atoms with Gasteiger partial charge in [-0.15, -0.1) is 11.3 Å². The fourth-order valence-corrected chi connectivity index (χ4v) is 3.06. The zero-order valence-corrected chi connectivity index (χ0v) is 12.9. The number of benzene rings is 2. The van der Waals surface area contributed by atoms with E-state index in [1.54, 1.807) is 0 Å². The molecular formula is C17H19LiS. The van der Waals surface area contributed by atoms with Crippen molar-refractivity contribution in [3.63, 3.8) is 0 Å². The van der Waals surface area contributed by atoms with Gasteiger partial charge in [0.1, 0.15) is 0 Å². The molecule has 0 spiro atoms. The first-order chi connectivity index (χ1) is 8.77. The van der Waals surface area contributed by atoms with E-state index in [-0.39, 0.29) is 18.9 Å². The van der Waals surface area contributed by atoms with E-state index in [1.165, 1.54) is 32.2 Å². The Kier molecular flexibility index (Phi) is 6.65. The molecule has 3 aromatic rings. The van der Waals surface area contributed by atoms with Crippen LogP contribution >= 0.6 is 11.3 Å². The maximum absolute atomic E-state index is 3.60. The Bertz CT molecular complexity index is 638. The summed E-state index contributed by atoms with van der Waals surface area (Å²) < 4.78 is 2.81. The van der Waals surface area contributed by atoms with Crippen LogP contribution in [0.25, 0.3) is 20.2 Å². The van der Waals surface area contributed by atoms with Gasteiger partial charge in [0.25, 0.3) is 0 Å². The van der Waals surface area contributed by atoms with Crippen LogP contribution in [-0.2, 0) is 0 Å². The minimum absolute atomic E-state index is 0. The second kappa shape index (κ2) is 7.75. The maximum atomic E-state index is 3.60. The molecule has 0 aliphatic rings. The van der Waals surface area contributed by atoms with Crippen molar-refractivity contribution in [1.82, 2.24) is 0 Å². The molecule has 94 valence electrons. The standard InChI is InChI=1S/C13H10S.C4H9.Li/c1-9-5-4-7-11-10-6-2-3-8-12(10)14-13(9)11;1-3-4-2;/h2-8H,1H3;1,3-4H2,2H3;/q;-1;+1. The molecule has 0 unspecified atom stereocenters. The third kappa shape index (κ3) is 3.63. The Balaban J connectivity index is 0.000000323. The summed E-state index contributed by atoms with van der Waals surface area (Å²) in [6.45, 7) is 7.90. The maximum Gasteiger partial charge on any atom is 1.00 e. The minimum atomic E-state index is 0. The van der Waals surface area contributed by atoms with Gasteiger partial charge in [0.2, 0.25) is 0 Å². The van der Waals surface area contributed by atoms with Crippen molar-refractivity contribution in [3.05, 3.63) is 55.0 Å². The van der Waals surface area contributed by atoms with Crippen molar-refractivity contribution >= 4 is 31.5 Å². The van der Waals surface area contributed by atoms with E-state index in [0.29, 0.717) is 0 Å². The summed E-state index contributed by atoms with van der Waals surface area (Å²) >= 11 is 1.89. The van der Waals surface area contributed by atoms with Crippen LogP contribution in [0.4, 0.5) is 0 Å². The number of fused-ring (bicyclic) bond motifs is 3. The van der Waals surface area contributed by atoms with E-state index in [0.717, 1.165) is 6.42 Å². The van der Waals surface area contributed by atoms with Crippen LogP contribution in [0.5, 0.6) is 0 Å². The van der Waals surface area contributed by atoms with Gasteiger partial charge < -0.3 is 6.92 Å². The van der Waals surface area contributed by atoms with E-state index >= 15 is 0 Å². The average Bonchev–Trinajstić information content (AvgIpc) is 2.80. The number of rotatable bonds is 1. The molecule has 1 heterocycles.